The van der Waals surface area contributed by atoms with E-state index in [0.29, 0.717) is 6.42 Å². The number of fused-ring (bicyclic) bond motifs is 1. The Morgan fingerprint density at radius 3 is 2.61 bits per heavy atom. The first kappa shape index (κ1) is 17.1. The zero-order valence-electron chi connectivity index (χ0n) is 12.9. The number of hydrogen-bond acceptors (Lipinski definition) is 8. The zero-order valence-corrected chi connectivity index (χ0v) is 12.9. The Hall–Kier alpha value is -0.740. The van der Waals surface area contributed by atoms with Crippen LogP contribution in [-0.2, 0) is 14.2 Å². The Kier molecular flexibility index (Phi) is 4.67. The van der Waals surface area contributed by atoms with Gasteiger partial charge in [-0.25, -0.2) is 0 Å². The zero-order chi connectivity index (χ0) is 16.8. The third kappa shape index (κ3) is 3.00. The molecule has 0 aromatic heterocycles. The van der Waals surface area contributed by atoms with Gasteiger partial charge in [-0.2, -0.15) is 0 Å². The average Bonchev–Trinajstić information content (AvgIpc) is 2.84. The van der Waals surface area contributed by atoms with E-state index in [-0.39, 0.29) is 11.8 Å². The molecule has 2 heterocycles. The molecule has 0 amide bonds. The van der Waals surface area contributed by atoms with Crippen molar-refractivity contribution in [1.29, 1.82) is 0 Å². The van der Waals surface area contributed by atoms with Crippen LogP contribution in [0.1, 0.15) is 19.8 Å². The number of hydrogen-bond donors (Lipinski definition) is 5. The van der Waals surface area contributed by atoms with Crippen molar-refractivity contribution in [2.75, 3.05) is 6.61 Å². The van der Waals surface area contributed by atoms with Crippen molar-refractivity contribution in [2.45, 2.75) is 62.4 Å². The van der Waals surface area contributed by atoms with Crippen LogP contribution in [0.4, 0.5) is 0 Å². The third-order valence-electron chi connectivity index (χ3n) is 5.11. The number of allylic oxidation sites excluding steroid dienone is 1. The molecule has 9 atom stereocenters. The highest BCUT2D eigenvalue weighted by molar-refractivity contribution is 5.06. The van der Waals surface area contributed by atoms with Gasteiger partial charge in [0.25, 0.3) is 0 Å². The lowest BCUT2D eigenvalue weighted by Crippen LogP contribution is -2.60. The van der Waals surface area contributed by atoms with Crippen LogP contribution in [0.3, 0.4) is 0 Å². The molecular weight excluding hydrogens is 308 g/mol. The fraction of sp³-hybridized carbons (Fsp3) is 0.867. The Balaban J connectivity index is 1.74. The Morgan fingerprint density at radius 1 is 1.17 bits per heavy atom. The maximum atomic E-state index is 10.5. The average molecular weight is 332 g/mol. The summed E-state index contributed by atoms with van der Waals surface area (Å²) in [6.45, 7) is 1.18. The number of aliphatic hydroxyl groups excluding tert-OH is 4. The predicted octanol–water partition coefficient (Wildman–Crippen LogP) is -1.55. The molecular formula is C15H24O8. The summed E-state index contributed by atoms with van der Waals surface area (Å²) in [5, 5.41) is 49.4. The van der Waals surface area contributed by atoms with Crippen LogP contribution in [0.15, 0.2) is 12.3 Å². The Labute approximate surface area is 133 Å². The van der Waals surface area contributed by atoms with E-state index in [9.17, 15) is 25.5 Å². The third-order valence-corrected chi connectivity index (χ3v) is 5.11. The summed E-state index contributed by atoms with van der Waals surface area (Å²) >= 11 is 0. The van der Waals surface area contributed by atoms with Crippen LogP contribution in [0.5, 0.6) is 0 Å². The highest BCUT2D eigenvalue weighted by atomic mass is 16.8. The van der Waals surface area contributed by atoms with E-state index in [4.69, 9.17) is 14.2 Å². The molecule has 132 valence electrons. The molecule has 2 fully saturated rings. The van der Waals surface area contributed by atoms with Crippen molar-refractivity contribution in [1.82, 2.24) is 0 Å². The van der Waals surface area contributed by atoms with Gasteiger partial charge in [-0.15, -0.1) is 0 Å². The fourth-order valence-electron chi connectivity index (χ4n) is 3.71. The second-order valence-electron chi connectivity index (χ2n) is 6.75. The van der Waals surface area contributed by atoms with Crippen LogP contribution in [0.25, 0.3) is 0 Å². The minimum atomic E-state index is -1.51. The summed E-state index contributed by atoms with van der Waals surface area (Å²) in [5.74, 6) is -0.242. The first-order valence-electron chi connectivity index (χ1n) is 7.85. The van der Waals surface area contributed by atoms with Crippen molar-refractivity contribution in [2.24, 2.45) is 11.8 Å². The van der Waals surface area contributed by atoms with E-state index in [1.165, 1.54) is 6.26 Å². The van der Waals surface area contributed by atoms with Crippen LogP contribution >= 0.6 is 0 Å². The fourth-order valence-corrected chi connectivity index (χ4v) is 3.71. The van der Waals surface area contributed by atoms with Gasteiger partial charge in [-0.05, 0) is 31.8 Å². The first-order valence-corrected chi connectivity index (χ1v) is 7.85. The number of aliphatic hydroxyl groups is 5. The largest absolute Gasteiger partial charge is 0.472 e. The van der Waals surface area contributed by atoms with Crippen molar-refractivity contribution in [3.05, 3.63) is 12.3 Å². The lowest BCUT2D eigenvalue weighted by molar-refractivity contribution is -0.345. The summed E-state index contributed by atoms with van der Waals surface area (Å²) in [6, 6.07) is 0. The molecule has 0 aromatic carbocycles. The Bertz CT molecular complexity index is 451. The number of ether oxygens (including phenoxy) is 3. The lowest BCUT2D eigenvalue weighted by Gasteiger charge is -2.43. The van der Waals surface area contributed by atoms with Gasteiger partial charge in [0.2, 0.25) is 6.29 Å². The van der Waals surface area contributed by atoms with Crippen molar-refractivity contribution >= 4 is 0 Å². The molecule has 1 saturated carbocycles. The molecule has 8 nitrogen and oxygen atoms in total. The van der Waals surface area contributed by atoms with Gasteiger partial charge in [0, 0.05) is 0 Å². The van der Waals surface area contributed by atoms with E-state index < -0.39 is 49.2 Å². The molecule has 5 N–H and O–H groups in total. The van der Waals surface area contributed by atoms with Gasteiger partial charge in [0.15, 0.2) is 6.29 Å². The van der Waals surface area contributed by atoms with Crippen LogP contribution in [0.2, 0.25) is 0 Å². The molecule has 1 aliphatic carbocycles. The summed E-state index contributed by atoms with van der Waals surface area (Å²) in [7, 11) is 0. The van der Waals surface area contributed by atoms with Gasteiger partial charge in [-0.3, -0.25) is 0 Å². The highest BCUT2D eigenvalue weighted by Gasteiger charge is 2.52. The van der Waals surface area contributed by atoms with Gasteiger partial charge >= 0.3 is 0 Å². The Morgan fingerprint density at radius 2 is 1.91 bits per heavy atom. The van der Waals surface area contributed by atoms with Gasteiger partial charge < -0.3 is 39.7 Å². The standard InChI is InChI=1S/C15H24O8/c1-15(20)4-2-7-3-5-21-13(9(7)15)23-14-12(19)11(18)10(17)8(6-16)22-14/h3,5,7-14,16-20H,2,4,6H2,1H3/t7-,8-,9-,10-,11+,12-,13?,14+,15+/m1/s1. The molecule has 1 saturated heterocycles. The second-order valence-corrected chi connectivity index (χ2v) is 6.75. The maximum Gasteiger partial charge on any atom is 0.207 e. The van der Waals surface area contributed by atoms with E-state index in [2.05, 4.69) is 0 Å². The normalized spacial score (nSPS) is 53.0. The molecule has 3 aliphatic rings. The van der Waals surface area contributed by atoms with E-state index >= 15 is 0 Å². The minimum Gasteiger partial charge on any atom is -0.472 e. The monoisotopic (exact) mass is 332 g/mol. The molecule has 2 aliphatic heterocycles. The van der Waals surface area contributed by atoms with Gasteiger partial charge in [-0.1, -0.05) is 0 Å². The maximum absolute atomic E-state index is 10.5. The molecule has 23 heavy (non-hydrogen) atoms. The van der Waals surface area contributed by atoms with Crippen LogP contribution in [-0.4, -0.2) is 74.7 Å². The molecule has 1 unspecified atom stereocenters. The van der Waals surface area contributed by atoms with E-state index in [1.807, 2.05) is 6.08 Å². The minimum absolute atomic E-state index is 0.0913. The van der Waals surface area contributed by atoms with Gasteiger partial charge in [0.05, 0.1) is 24.4 Å². The van der Waals surface area contributed by atoms with E-state index in [1.54, 1.807) is 6.92 Å². The SMILES string of the molecule is C[C@]1(O)CC[C@@H]2C=COC(O[C@@H]3O[C@H](CO)[C@@H](O)[C@H](O)[C@H]3O)[C@@H]21. The highest BCUT2D eigenvalue weighted by Crippen LogP contribution is 2.46. The summed E-state index contributed by atoms with van der Waals surface area (Å²) < 4.78 is 16.4. The molecule has 0 radical (unpaired) electrons. The first-order chi connectivity index (χ1) is 10.8. The lowest BCUT2D eigenvalue weighted by atomic mass is 9.85. The van der Waals surface area contributed by atoms with Crippen molar-refractivity contribution in [3.63, 3.8) is 0 Å². The summed E-state index contributed by atoms with van der Waals surface area (Å²) in [6.07, 6.45) is -2.85. The molecule has 3 rings (SSSR count). The van der Waals surface area contributed by atoms with Crippen LogP contribution < -0.4 is 0 Å². The van der Waals surface area contributed by atoms with Crippen LogP contribution in [0, 0.1) is 11.8 Å². The molecule has 0 spiro atoms. The second kappa shape index (κ2) is 6.29. The quantitative estimate of drug-likeness (QED) is 0.420. The molecule has 0 aromatic rings. The predicted molar refractivity (Wildman–Crippen MR) is 75.7 cm³/mol. The summed E-state index contributed by atoms with van der Waals surface area (Å²) in [5.41, 5.74) is -0.978. The van der Waals surface area contributed by atoms with E-state index in [0.717, 1.165) is 6.42 Å². The van der Waals surface area contributed by atoms with Gasteiger partial charge in [0.1, 0.15) is 24.4 Å². The molecule has 8 heteroatoms. The van der Waals surface area contributed by atoms with Crippen molar-refractivity contribution in [3.8, 4) is 0 Å². The summed E-state index contributed by atoms with van der Waals surface area (Å²) in [4.78, 5) is 0. The topological polar surface area (TPSA) is 129 Å². The smallest absolute Gasteiger partial charge is 0.207 e. The van der Waals surface area contributed by atoms with Crippen molar-refractivity contribution < 1.29 is 39.7 Å². The number of rotatable bonds is 3. The molecule has 0 bridgehead atoms.